The van der Waals surface area contributed by atoms with Gasteiger partial charge in [0.05, 0.1) is 0 Å². The summed E-state index contributed by atoms with van der Waals surface area (Å²) in [5.74, 6) is 0.718. The molecule has 2 saturated heterocycles. The quantitative estimate of drug-likeness (QED) is 0.823. The number of nitrogens with zero attached hydrogens (tertiary/aromatic N) is 3. The lowest BCUT2D eigenvalue weighted by molar-refractivity contribution is 0.132. The SMILES string of the molecule is CC1CN(C)CCC1NC1CCN(C(=O)N(C)C)CC1. The number of piperidine rings is 2. The summed E-state index contributed by atoms with van der Waals surface area (Å²) < 4.78 is 0. The van der Waals surface area contributed by atoms with Gasteiger partial charge in [0.1, 0.15) is 0 Å². The molecule has 0 aromatic heterocycles. The Morgan fingerprint density at radius 1 is 1.15 bits per heavy atom. The van der Waals surface area contributed by atoms with Gasteiger partial charge in [0.25, 0.3) is 0 Å². The van der Waals surface area contributed by atoms with E-state index in [1.54, 1.807) is 4.90 Å². The predicted molar refractivity (Wildman–Crippen MR) is 81.9 cm³/mol. The number of nitrogens with one attached hydrogen (secondary N) is 1. The van der Waals surface area contributed by atoms with Crippen LogP contribution in [0.1, 0.15) is 26.2 Å². The first-order valence-electron chi connectivity index (χ1n) is 7.88. The van der Waals surface area contributed by atoms with Crippen LogP contribution in [0.2, 0.25) is 0 Å². The van der Waals surface area contributed by atoms with E-state index < -0.39 is 0 Å². The maximum absolute atomic E-state index is 11.9. The Morgan fingerprint density at radius 3 is 2.35 bits per heavy atom. The molecular formula is C15H30N4O. The van der Waals surface area contributed by atoms with E-state index in [0.717, 1.165) is 31.8 Å². The van der Waals surface area contributed by atoms with E-state index in [4.69, 9.17) is 0 Å². The molecule has 20 heavy (non-hydrogen) atoms. The normalized spacial score (nSPS) is 29.5. The van der Waals surface area contributed by atoms with Crippen molar-refractivity contribution in [3.8, 4) is 0 Å². The fourth-order valence-electron chi connectivity index (χ4n) is 3.42. The fraction of sp³-hybridized carbons (Fsp3) is 0.933. The van der Waals surface area contributed by atoms with Crippen molar-refractivity contribution in [2.24, 2.45) is 5.92 Å². The minimum absolute atomic E-state index is 0.149. The molecule has 0 saturated carbocycles. The first-order chi connectivity index (χ1) is 9.47. The topological polar surface area (TPSA) is 38.8 Å². The molecule has 2 heterocycles. The fourth-order valence-corrected chi connectivity index (χ4v) is 3.42. The predicted octanol–water partition coefficient (Wildman–Crippen LogP) is 1.06. The Kier molecular flexibility index (Phi) is 5.27. The molecule has 2 fully saturated rings. The molecule has 0 aromatic carbocycles. The van der Waals surface area contributed by atoms with Crippen LogP contribution in [-0.2, 0) is 0 Å². The van der Waals surface area contributed by atoms with E-state index in [1.807, 2.05) is 19.0 Å². The summed E-state index contributed by atoms with van der Waals surface area (Å²) in [5.41, 5.74) is 0. The van der Waals surface area contributed by atoms with Crippen LogP contribution in [0.25, 0.3) is 0 Å². The lowest BCUT2D eigenvalue weighted by atomic mass is 9.92. The highest BCUT2D eigenvalue weighted by molar-refractivity contribution is 5.73. The van der Waals surface area contributed by atoms with Gasteiger partial charge in [0.15, 0.2) is 0 Å². The second-order valence-corrected chi connectivity index (χ2v) is 6.74. The van der Waals surface area contributed by atoms with Crippen LogP contribution in [0, 0.1) is 5.92 Å². The number of carbonyl (C=O) groups excluding carboxylic acids is 1. The van der Waals surface area contributed by atoms with Crippen molar-refractivity contribution in [1.82, 2.24) is 20.0 Å². The first-order valence-corrected chi connectivity index (χ1v) is 7.88. The number of hydrogen-bond donors (Lipinski definition) is 1. The maximum atomic E-state index is 11.9. The van der Waals surface area contributed by atoms with Crippen LogP contribution >= 0.6 is 0 Å². The smallest absolute Gasteiger partial charge is 0.319 e. The van der Waals surface area contributed by atoms with E-state index >= 15 is 0 Å². The Hall–Kier alpha value is -0.810. The van der Waals surface area contributed by atoms with Crippen LogP contribution in [0.4, 0.5) is 4.79 Å². The van der Waals surface area contributed by atoms with Crippen molar-refractivity contribution >= 4 is 6.03 Å². The molecule has 2 atom stereocenters. The zero-order chi connectivity index (χ0) is 14.7. The summed E-state index contributed by atoms with van der Waals surface area (Å²) in [4.78, 5) is 18.0. The molecule has 0 bridgehead atoms. The van der Waals surface area contributed by atoms with Crippen molar-refractivity contribution < 1.29 is 4.79 Å². The molecule has 5 nitrogen and oxygen atoms in total. The largest absolute Gasteiger partial charge is 0.331 e. The summed E-state index contributed by atoms with van der Waals surface area (Å²) in [6, 6.07) is 1.38. The summed E-state index contributed by atoms with van der Waals surface area (Å²) in [6.07, 6.45) is 3.41. The minimum atomic E-state index is 0.149. The van der Waals surface area contributed by atoms with E-state index in [0.29, 0.717) is 12.1 Å². The van der Waals surface area contributed by atoms with Crippen molar-refractivity contribution in [2.75, 3.05) is 47.3 Å². The van der Waals surface area contributed by atoms with Crippen molar-refractivity contribution in [1.29, 1.82) is 0 Å². The summed E-state index contributed by atoms with van der Waals surface area (Å²) >= 11 is 0. The molecule has 2 aliphatic heterocycles. The Balaban J connectivity index is 1.76. The second kappa shape index (κ2) is 6.76. The molecule has 5 heteroatoms. The molecule has 0 aromatic rings. The van der Waals surface area contributed by atoms with Crippen LogP contribution in [0.5, 0.6) is 0 Å². The third-order valence-corrected chi connectivity index (χ3v) is 4.71. The maximum Gasteiger partial charge on any atom is 0.319 e. The van der Waals surface area contributed by atoms with Crippen LogP contribution in [0.15, 0.2) is 0 Å². The minimum Gasteiger partial charge on any atom is -0.331 e. The molecule has 116 valence electrons. The number of urea groups is 1. The first kappa shape index (κ1) is 15.6. The van der Waals surface area contributed by atoms with Gasteiger partial charge in [-0.25, -0.2) is 4.79 Å². The number of hydrogen-bond acceptors (Lipinski definition) is 3. The number of rotatable bonds is 2. The third kappa shape index (κ3) is 3.85. The zero-order valence-electron chi connectivity index (χ0n) is 13.4. The Morgan fingerprint density at radius 2 is 1.80 bits per heavy atom. The van der Waals surface area contributed by atoms with Gasteiger partial charge in [-0.2, -0.15) is 0 Å². The molecule has 0 aliphatic carbocycles. The highest BCUT2D eigenvalue weighted by Crippen LogP contribution is 2.19. The van der Waals surface area contributed by atoms with Gasteiger partial charge < -0.3 is 20.0 Å². The molecule has 1 N–H and O–H groups in total. The van der Waals surface area contributed by atoms with Gasteiger partial charge in [-0.1, -0.05) is 6.92 Å². The number of amides is 2. The van der Waals surface area contributed by atoms with Gasteiger partial charge in [-0.05, 0) is 38.8 Å². The van der Waals surface area contributed by atoms with E-state index in [2.05, 4.69) is 24.2 Å². The van der Waals surface area contributed by atoms with E-state index in [9.17, 15) is 4.79 Å². The molecule has 2 aliphatic rings. The molecule has 0 spiro atoms. The lowest BCUT2D eigenvalue weighted by Crippen LogP contribution is -2.54. The van der Waals surface area contributed by atoms with Crippen molar-refractivity contribution in [3.05, 3.63) is 0 Å². The van der Waals surface area contributed by atoms with Gasteiger partial charge in [-0.3, -0.25) is 0 Å². The van der Waals surface area contributed by atoms with Crippen LogP contribution < -0.4 is 5.32 Å². The standard InChI is InChI=1S/C15H30N4O/c1-12-11-18(4)8-7-14(12)16-13-5-9-19(10-6-13)15(20)17(2)3/h12-14,16H,5-11H2,1-4H3. The molecule has 2 rings (SSSR count). The lowest BCUT2D eigenvalue weighted by Gasteiger charge is -2.40. The van der Waals surface area contributed by atoms with Gasteiger partial charge in [0.2, 0.25) is 0 Å². The third-order valence-electron chi connectivity index (χ3n) is 4.71. The second-order valence-electron chi connectivity index (χ2n) is 6.74. The highest BCUT2D eigenvalue weighted by atomic mass is 16.2. The van der Waals surface area contributed by atoms with Crippen molar-refractivity contribution in [2.45, 2.75) is 38.3 Å². The summed E-state index contributed by atoms with van der Waals surface area (Å²) in [6.45, 7) is 6.50. The molecule has 2 unspecified atom stereocenters. The van der Waals surface area contributed by atoms with Crippen molar-refractivity contribution in [3.63, 3.8) is 0 Å². The van der Waals surface area contributed by atoms with Gasteiger partial charge in [-0.15, -0.1) is 0 Å². The van der Waals surface area contributed by atoms with E-state index in [1.165, 1.54) is 19.5 Å². The molecule has 2 amide bonds. The Labute approximate surface area is 123 Å². The monoisotopic (exact) mass is 282 g/mol. The average Bonchev–Trinajstić information content (AvgIpc) is 2.42. The summed E-state index contributed by atoms with van der Waals surface area (Å²) in [7, 11) is 5.86. The zero-order valence-corrected chi connectivity index (χ0v) is 13.4. The van der Waals surface area contributed by atoms with Crippen LogP contribution in [0.3, 0.4) is 0 Å². The molecule has 0 radical (unpaired) electrons. The number of carbonyl (C=O) groups is 1. The average molecular weight is 282 g/mol. The van der Waals surface area contributed by atoms with E-state index in [-0.39, 0.29) is 6.03 Å². The van der Waals surface area contributed by atoms with Crippen LogP contribution in [-0.4, -0.2) is 80.1 Å². The van der Waals surface area contributed by atoms with Gasteiger partial charge >= 0.3 is 6.03 Å². The molecular weight excluding hydrogens is 252 g/mol. The number of likely N-dealkylation sites (tertiary alicyclic amines) is 2. The Bertz CT molecular complexity index is 326. The van der Waals surface area contributed by atoms with Gasteiger partial charge in [0, 0.05) is 45.8 Å². The highest BCUT2D eigenvalue weighted by Gasteiger charge is 2.29. The summed E-state index contributed by atoms with van der Waals surface area (Å²) in [5, 5.41) is 3.84.